The second-order valence-corrected chi connectivity index (χ2v) is 8.10. The molecule has 2 aromatic heterocycles. The van der Waals surface area contributed by atoms with Gasteiger partial charge in [-0.3, -0.25) is 4.79 Å². The lowest BCUT2D eigenvalue weighted by Gasteiger charge is -2.16. The SMILES string of the molecule is CN(CC(=O)Nc1ccccc1)S(=O)(=O)c1cnc2sccc2c1. The molecule has 3 rings (SSSR count). The smallest absolute Gasteiger partial charge is 0.244 e. The molecule has 0 spiro atoms. The third-order valence-electron chi connectivity index (χ3n) is 3.41. The van der Waals surface area contributed by atoms with E-state index in [1.165, 1.54) is 24.6 Å². The van der Waals surface area contributed by atoms with E-state index in [0.717, 1.165) is 14.5 Å². The molecular formula is C16H15N3O3S2. The van der Waals surface area contributed by atoms with Gasteiger partial charge in [0.15, 0.2) is 0 Å². The van der Waals surface area contributed by atoms with Gasteiger partial charge in [0.1, 0.15) is 9.73 Å². The van der Waals surface area contributed by atoms with Crippen molar-refractivity contribution in [2.45, 2.75) is 4.90 Å². The summed E-state index contributed by atoms with van der Waals surface area (Å²) in [7, 11) is -2.41. The van der Waals surface area contributed by atoms with Gasteiger partial charge in [-0.25, -0.2) is 13.4 Å². The van der Waals surface area contributed by atoms with Crippen LogP contribution in [0.15, 0.2) is 58.9 Å². The second kappa shape index (κ2) is 6.68. The maximum Gasteiger partial charge on any atom is 0.244 e. The first-order valence-corrected chi connectivity index (χ1v) is 9.43. The Kier molecular flexibility index (Phi) is 4.61. The Morgan fingerprint density at radius 3 is 2.75 bits per heavy atom. The molecule has 1 N–H and O–H groups in total. The van der Waals surface area contributed by atoms with Crippen molar-refractivity contribution in [1.82, 2.24) is 9.29 Å². The van der Waals surface area contributed by atoms with Crippen LogP contribution >= 0.6 is 11.3 Å². The molecule has 124 valence electrons. The molecule has 3 aromatic rings. The number of rotatable bonds is 5. The van der Waals surface area contributed by atoms with E-state index in [9.17, 15) is 13.2 Å². The summed E-state index contributed by atoms with van der Waals surface area (Å²) in [5.74, 6) is -0.406. The Morgan fingerprint density at radius 2 is 2.00 bits per heavy atom. The van der Waals surface area contributed by atoms with Gasteiger partial charge in [0, 0.05) is 24.3 Å². The van der Waals surface area contributed by atoms with Crippen molar-refractivity contribution in [3.05, 3.63) is 54.0 Å². The number of aromatic nitrogens is 1. The van der Waals surface area contributed by atoms with Crippen LogP contribution in [0.2, 0.25) is 0 Å². The minimum atomic E-state index is -3.78. The van der Waals surface area contributed by atoms with Crippen molar-refractivity contribution in [2.75, 3.05) is 18.9 Å². The van der Waals surface area contributed by atoms with Crippen molar-refractivity contribution in [1.29, 1.82) is 0 Å². The van der Waals surface area contributed by atoms with Gasteiger partial charge < -0.3 is 5.32 Å². The highest BCUT2D eigenvalue weighted by Gasteiger charge is 2.23. The van der Waals surface area contributed by atoms with E-state index in [4.69, 9.17) is 0 Å². The van der Waals surface area contributed by atoms with Gasteiger partial charge in [0.05, 0.1) is 6.54 Å². The van der Waals surface area contributed by atoms with Crippen LogP contribution < -0.4 is 5.32 Å². The molecule has 0 saturated heterocycles. The first-order valence-electron chi connectivity index (χ1n) is 7.11. The van der Waals surface area contributed by atoms with Gasteiger partial charge in [-0.2, -0.15) is 4.31 Å². The topological polar surface area (TPSA) is 79.4 Å². The predicted molar refractivity (Wildman–Crippen MR) is 94.5 cm³/mol. The molecule has 24 heavy (non-hydrogen) atoms. The molecule has 8 heteroatoms. The van der Waals surface area contributed by atoms with Crippen LogP contribution in [-0.4, -0.2) is 37.2 Å². The fraction of sp³-hybridized carbons (Fsp3) is 0.125. The van der Waals surface area contributed by atoms with Crippen LogP contribution in [0.25, 0.3) is 10.2 Å². The Bertz CT molecular complexity index is 968. The number of likely N-dealkylation sites (N-methyl/N-ethyl adjacent to an activating group) is 1. The number of hydrogen-bond acceptors (Lipinski definition) is 5. The summed E-state index contributed by atoms with van der Waals surface area (Å²) in [5, 5.41) is 5.28. The Hall–Kier alpha value is -2.29. The number of thiophene rings is 1. The maximum atomic E-state index is 12.6. The van der Waals surface area contributed by atoms with Gasteiger partial charge in [-0.05, 0) is 29.6 Å². The predicted octanol–water partition coefficient (Wildman–Crippen LogP) is 2.56. The molecule has 0 aliphatic rings. The zero-order chi connectivity index (χ0) is 17.2. The average Bonchev–Trinajstić information content (AvgIpc) is 3.03. The van der Waals surface area contributed by atoms with Gasteiger partial charge >= 0.3 is 0 Å². The fourth-order valence-corrected chi connectivity index (χ4v) is 4.00. The lowest BCUT2D eigenvalue weighted by atomic mass is 10.3. The lowest BCUT2D eigenvalue weighted by Crippen LogP contribution is -2.35. The van der Waals surface area contributed by atoms with E-state index in [0.29, 0.717) is 5.69 Å². The van der Waals surface area contributed by atoms with Crippen molar-refractivity contribution in [2.24, 2.45) is 0 Å². The Balaban J connectivity index is 1.75. The number of sulfonamides is 1. The van der Waals surface area contributed by atoms with Crippen LogP contribution in [-0.2, 0) is 14.8 Å². The largest absolute Gasteiger partial charge is 0.325 e. The highest BCUT2D eigenvalue weighted by molar-refractivity contribution is 7.89. The van der Waals surface area contributed by atoms with Crippen LogP contribution in [0.3, 0.4) is 0 Å². The third-order valence-corrected chi connectivity index (χ3v) is 6.02. The highest BCUT2D eigenvalue weighted by atomic mass is 32.2. The van der Waals surface area contributed by atoms with E-state index < -0.39 is 15.9 Å². The molecule has 6 nitrogen and oxygen atoms in total. The van der Waals surface area contributed by atoms with E-state index in [1.807, 2.05) is 17.5 Å². The van der Waals surface area contributed by atoms with Crippen LogP contribution in [0.1, 0.15) is 0 Å². The number of carbonyl (C=O) groups is 1. The third kappa shape index (κ3) is 3.45. The highest BCUT2D eigenvalue weighted by Crippen LogP contribution is 2.22. The van der Waals surface area contributed by atoms with E-state index >= 15 is 0 Å². The summed E-state index contributed by atoms with van der Waals surface area (Å²) in [4.78, 5) is 17.0. The molecule has 0 unspecified atom stereocenters. The summed E-state index contributed by atoms with van der Waals surface area (Å²) >= 11 is 1.44. The van der Waals surface area contributed by atoms with Crippen LogP contribution in [0.4, 0.5) is 5.69 Å². The number of anilines is 1. The molecule has 0 aliphatic heterocycles. The first-order chi connectivity index (χ1) is 11.5. The van der Waals surface area contributed by atoms with E-state index in [2.05, 4.69) is 10.3 Å². The molecule has 0 fully saturated rings. The summed E-state index contributed by atoms with van der Waals surface area (Å²) < 4.78 is 26.2. The normalized spacial score (nSPS) is 11.8. The molecule has 0 aliphatic carbocycles. The molecular weight excluding hydrogens is 346 g/mol. The molecule has 0 atom stereocenters. The summed E-state index contributed by atoms with van der Waals surface area (Å²) in [6.07, 6.45) is 1.32. The van der Waals surface area contributed by atoms with Crippen LogP contribution in [0, 0.1) is 0 Å². The monoisotopic (exact) mass is 361 g/mol. The number of hydrogen-bond donors (Lipinski definition) is 1. The summed E-state index contributed by atoms with van der Waals surface area (Å²) in [5.41, 5.74) is 0.620. The zero-order valence-corrected chi connectivity index (χ0v) is 14.5. The maximum absolute atomic E-state index is 12.6. The van der Waals surface area contributed by atoms with Gasteiger partial charge in [0.2, 0.25) is 15.9 Å². The summed E-state index contributed by atoms with van der Waals surface area (Å²) in [6.45, 7) is -0.279. The van der Waals surface area contributed by atoms with E-state index in [1.54, 1.807) is 30.3 Å². The molecule has 0 bridgehead atoms. The van der Waals surface area contributed by atoms with Crippen LogP contribution in [0.5, 0.6) is 0 Å². The average molecular weight is 361 g/mol. The molecule has 1 aromatic carbocycles. The van der Waals surface area contributed by atoms with Gasteiger partial charge in [-0.15, -0.1) is 11.3 Å². The first kappa shape index (κ1) is 16.6. The van der Waals surface area contributed by atoms with Crippen molar-refractivity contribution in [3.63, 3.8) is 0 Å². The zero-order valence-electron chi connectivity index (χ0n) is 12.8. The Morgan fingerprint density at radius 1 is 1.25 bits per heavy atom. The number of nitrogens with one attached hydrogen (secondary N) is 1. The van der Waals surface area contributed by atoms with Crippen molar-refractivity contribution in [3.8, 4) is 0 Å². The fourth-order valence-electron chi connectivity index (χ4n) is 2.17. The van der Waals surface area contributed by atoms with Crippen molar-refractivity contribution < 1.29 is 13.2 Å². The number of carbonyl (C=O) groups excluding carboxylic acids is 1. The molecule has 0 saturated carbocycles. The number of pyridine rings is 1. The lowest BCUT2D eigenvalue weighted by molar-refractivity contribution is -0.116. The molecule has 0 radical (unpaired) electrons. The number of nitrogens with zero attached hydrogens (tertiary/aromatic N) is 2. The number of amides is 1. The minimum absolute atomic E-state index is 0.0726. The standard InChI is InChI=1S/C16H15N3O3S2/c1-19(11-15(20)18-13-5-3-2-4-6-13)24(21,22)14-9-12-7-8-23-16(12)17-10-14/h2-10H,11H2,1H3,(H,18,20). The van der Waals surface area contributed by atoms with Crippen molar-refractivity contribution >= 4 is 43.2 Å². The number of benzene rings is 1. The molecule has 2 heterocycles. The molecule has 1 amide bonds. The Labute approximate surface area is 143 Å². The second-order valence-electron chi connectivity index (χ2n) is 5.16. The quantitative estimate of drug-likeness (QED) is 0.757. The van der Waals surface area contributed by atoms with Gasteiger partial charge in [0.25, 0.3) is 0 Å². The van der Waals surface area contributed by atoms with Gasteiger partial charge in [-0.1, -0.05) is 18.2 Å². The number of para-hydroxylation sites is 1. The van der Waals surface area contributed by atoms with E-state index in [-0.39, 0.29) is 11.4 Å². The number of fused-ring (bicyclic) bond motifs is 1. The summed E-state index contributed by atoms with van der Waals surface area (Å²) in [6, 6.07) is 12.3. The minimum Gasteiger partial charge on any atom is -0.325 e.